The Morgan fingerprint density at radius 1 is 0.963 bits per heavy atom. The number of carboxylic acids is 2. The zero-order valence-corrected chi connectivity index (χ0v) is 13.4. The molecule has 0 amide bonds. The SMILES string of the molecule is O=C(O)c1c(C(=O)O)n(C(=O)O)c2c1ccc1cccc(-n3ccnn3)c12. The Kier molecular flexibility index (Phi) is 3.41. The van der Waals surface area contributed by atoms with Crippen molar-refractivity contribution in [2.75, 3.05) is 0 Å². The number of fused-ring (bicyclic) bond motifs is 3. The Morgan fingerprint density at radius 2 is 1.74 bits per heavy atom. The molecule has 134 valence electrons. The van der Waals surface area contributed by atoms with Crippen LogP contribution in [0.2, 0.25) is 0 Å². The van der Waals surface area contributed by atoms with Gasteiger partial charge in [0.1, 0.15) is 5.56 Å². The first-order chi connectivity index (χ1) is 12.9. The average Bonchev–Trinajstić information content (AvgIpc) is 3.26. The molecule has 0 spiro atoms. The average molecular weight is 366 g/mol. The lowest BCUT2D eigenvalue weighted by Crippen LogP contribution is -2.18. The van der Waals surface area contributed by atoms with E-state index in [-0.39, 0.29) is 10.9 Å². The van der Waals surface area contributed by atoms with Gasteiger partial charge in [0, 0.05) is 10.8 Å². The summed E-state index contributed by atoms with van der Waals surface area (Å²) in [5.74, 6) is -3.19. The van der Waals surface area contributed by atoms with Gasteiger partial charge in [0.2, 0.25) is 0 Å². The zero-order chi connectivity index (χ0) is 19.3. The van der Waals surface area contributed by atoms with Gasteiger partial charge in [-0.1, -0.05) is 29.5 Å². The van der Waals surface area contributed by atoms with Crippen LogP contribution >= 0.6 is 0 Å². The van der Waals surface area contributed by atoms with Crippen LogP contribution in [0.15, 0.2) is 42.7 Å². The molecule has 0 aliphatic heterocycles. The van der Waals surface area contributed by atoms with Gasteiger partial charge in [-0.3, -0.25) is 0 Å². The van der Waals surface area contributed by atoms with Crippen molar-refractivity contribution in [2.45, 2.75) is 0 Å². The Bertz CT molecular complexity index is 1260. The van der Waals surface area contributed by atoms with Crippen molar-refractivity contribution >= 4 is 39.7 Å². The Labute approximate surface area is 149 Å². The van der Waals surface area contributed by atoms with Crippen LogP contribution in [0.25, 0.3) is 27.4 Å². The Balaban J connectivity index is 2.33. The van der Waals surface area contributed by atoms with Gasteiger partial charge >= 0.3 is 18.0 Å². The van der Waals surface area contributed by atoms with Crippen molar-refractivity contribution < 1.29 is 29.7 Å². The molecule has 0 fully saturated rings. The maximum absolute atomic E-state index is 11.9. The fourth-order valence-corrected chi connectivity index (χ4v) is 3.26. The van der Waals surface area contributed by atoms with E-state index in [1.54, 1.807) is 24.3 Å². The van der Waals surface area contributed by atoms with E-state index < -0.39 is 29.3 Å². The van der Waals surface area contributed by atoms with Crippen molar-refractivity contribution in [1.29, 1.82) is 0 Å². The van der Waals surface area contributed by atoms with Crippen LogP contribution in [0.1, 0.15) is 20.8 Å². The topological polar surface area (TPSA) is 148 Å². The second-order valence-corrected chi connectivity index (χ2v) is 5.64. The number of benzene rings is 2. The maximum Gasteiger partial charge on any atom is 0.416 e. The number of aromatic nitrogens is 4. The van der Waals surface area contributed by atoms with Crippen LogP contribution in [0, 0.1) is 0 Å². The number of rotatable bonds is 3. The molecule has 3 N–H and O–H groups in total. The second-order valence-electron chi connectivity index (χ2n) is 5.64. The summed E-state index contributed by atoms with van der Waals surface area (Å²) in [7, 11) is 0. The van der Waals surface area contributed by atoms with Gasteiger partial charge in [-0.2, -0.15) is 0 Å². The lowest BCUT2D eigenvalue weighted by Gasteiger charge is -2.09. The smallest absolute Gasteiger partial charge is 0.416 e. The molecular weight excluding hydrogens is 356 g/mol. The molecule has 10 nitrogen and oxygen atoms in total. The third kappa shape index (κ3) is 2.24. The molecule has 0 aliphatic rings. The number of hydrogen-bond acceptors (Lipinski definition) is 5. The molecule has 10 heteroatoms. The second kappa shape index (κ2) is 5.66. The van der Waals surface area contributed by atoms with Crippen molar-refractivity contribution in [2.24, 2.45) is 0 Å². The molecular formula is C17H10N4O6. The van der Waals surface area contributed by atoms with E-state index in [9.17, 15) is 29.7 Å². The monoisotopic (exact) mass is 366 g/mol. The van der Waals surface area contributed by atoms with Crippen molar-refractivity contribution in [1.82, 2.24) is 19.6 Å². The van der Waals surface area contributed by atoms with Crippen LogP contribution in [0.3, 0.4) is 0 Å². The summed E-state index contributed by atoms with van der Waals surface area (Å²) in [6.45, 7) is 0. The molecule has 0 saturated heterocycles. The molecule has 2 aromatic carbocycles. The highest BCUT2D eigenvalue weighted by Crippen LogP contribution is 2.35. The molecule has 2 aromatic heterocycles. The Hall–Kier alpha value is -4.21. The fraction of sp³-hybridized carbons (Fsp3) is 0. The van der Waals surface area contributed by atoms with Gasteiger partial charge in [0.15, 0.2) is 5.69 Å². The van der Waals surface area contributed by atoms with E-state index in [1.807, 2.05) is 0 Å². The molecule has 4 aromatic rings. The molecule has 27 heavy (non-hydrogen) atoms. The summed E-state index contributed by atoms with van der Waals surface area (Å²) < 4.78 is 1.88. The predicted octanol–water partition coefficient (Wildman–Crippen LogP) is 2.30. The first-order valence-electron chi connectivity index (χ1n) is 7.58. The molecule has 0 radical (unpaired) electrons. The molecule has 0 unspecified atom stereocenters. The third-order valence-electron chi connectivity index (χ3n) is 4.23. The van der Waals surface area contributed by atoms with Gasteiger partial charge in [-0.05, 0) is 11.5 Å². The van der Waals surface area contributed by atoms with Crippen LogP contribution in [0.4, 0.5) is 4.79 Å². The third-order valence-corrected chi connectivity index (χ3v) is 4.23. The predicted molar refractivity (Wildman–Crippen MR) is 91.7 cm³/mol. The molecule has 0 bridgehead atoms. The highest BCUT2D eigenvalue weighted by molar-refractivity contribution is 6.22. The first-order valence-corrected chi connectivity index (χ1v) is 7.58. The summed E-state index contributed by atoms with van der Waals surface area (Å²) in [5.41, 5.74) is -1.02. The minimum absolute atomic E-state index is 0.00219. The van der Waals surface area contributed by atoms with E-state index in [2.05, 4.69) is 10.3 Å². The molecule has 0 aliphatic carbocycles. The number of carbonyl (C=O) groups is 3. The fourth-order valence-electron chi connectivity index (χ4n) is 3.26. The largest absolute Gasteiger partial charge is 0.478 e. The van der Waals surface area contributed by atoms with E-state index >= 15 is 0 Å². The summed E-state index contributed by atoms with van der Waals surface area (Å²) in [5, 5.41) is 37.2. The number of hydrogen-bond donors (Lipinski definition) is 3. The van der Waals surface area contributed by atoms with Gasteiger partial charge < -0.3 is 15.3 Å². The normalized spacial score (nSPS) is 11.1. The van der Waals surface area contributed by atoms with E-state index in [0.29, 0.717) is 21.0 Å². The highest BCUT2D eigenvalue weighted by atomic mass is 16.4. The quantitative estimate of drug-likeness (QED) is 0.500. The number of nitrogens with zero attached hydrogens (tertiary/aromatic N) is 4. The molecule has 2 heterocycles. The van der Waals surface area contributed by atoms with E-state index in [0.717, 1.165) is 0 Å². The first kappa shape index (κ1) is 16.3. The molecule has 4 rings (SSSR count). The van der Waals surface area contributed by atoms with Crippen LogP contribution in [-0.2, 0) is 0 Å². The van der Waals surface area contributed by atoms with Crippen LogP contribution < -0.4 is 0 Å². The van der Waals surface area contributed by atoms with Crippen molar-refractivity contribution in [3.8, 4) is 5.69 Å². The lowest BCUT2D eigenvalue weighted by atomic mass is 10.0. The standard InChI is InChI=1S/C17H10N4O6/c22-15(23)12-9-5-4-8-2-1-3-10(20-7-6-18-19-20)11(8)13(9)21(17(26)27)14(12)16(24)25/h1-7H,(H,22,23)(H,24,25)(H,26,27). The van der Waals surface area contributed by atoms with Gasteiger partial charge in [-0.25, -0.2) is 23.6 Å². The van der Waals surface area contributed by atoms with Crippen molar-refractivity contribution in [3.63, 3.8) is 0 Å². The van der Waals surface area contributed by atoms with Gasteiger partial charge in [0.05, 0.1) is 23.6 Å². The minimum Gasteiger partial charge on any atom is -0.478 e. The number of carboxylic acid groups (broad SMARTS) is 3. The maximum atomic E-state index is 11.9. The van der Waals surface area contributed by atoms with Crippen molar-refractivity contribution in [3.05, 3.63) is 54.0 Å². The van der Waals surface area contributed by atoms with E-state index in [1.165, 1.54) is 23.1 Å². The van der Waals surface area contributed by atoms with Gasteiger partial charge in [-0.15, -0.1) is 5.10 Å². The van der Waals surface area contributed by atoms with Crippen LogP contribution in [0.5, 0.6) is 0 Å². The summed E-state index contributed by atoms with van der Waals surface area (Å²) >= 11 is 0. The minimum atomic E-state index is -1.66. The summed E-state index contributed by atoms with van der Waals surface area (Å²) in [6, 6.07) is 8.07. The molecule has 0 saturated carbocycles. The number of aromatic carboxylic acids is 2. The van der Waals surface area contributed by atoms with Crippen LogP contribution in [-0.4, -0.2) is 52.9 Å². The summed E-state index contributed by atoms with van der Waals surface area (Å²) in [4.78, 5) is 35.3. The lowest BCUT2D eigenvalue weighted by molar-refractivity contribution is 0.0645. The Morgan fingerprint density at radius 3 is 2.33 bits per heavy atom. The zero-order valence-electron chi connectivity index (χ0n) is 13.4. The summed E-state index contributed by atoms with van der Waals surface area (Å²) in [6.07, 6.45) is 1.36. The molecule has 0 atom stereocenters. The van der Waals surface area contributed by atoms with E-state index in [4.69, 9.17) is 0 Å². The highest BCUT2D eigenvalue weighted by Gasteiger charge is 2.31. The van der Waals surface area contributed by atoms with Gasteiger partial charge in [0.25, 0.3) is 0 Å².